The number of halogens is 1. The average molecular weight is 304 g/mol. The SMILES string of the molecule is O=C1CN(/N=C\c2ccc(-c3ccccc3Cl)o2)C(=O)N1. The van der Waals surface area contributed by atoms with Crippen molar-refractivity contribution >= 4 is 29.8 Å². The molecule has 2 heterocycles. The number of rotatable bonds is 3. The summed E-state index contributed by atoms with van der Waals surface area (Å²) in [4.78, 5) is 22.3. The van der Waals surface area contributed by atoms with Gasteiger partial charge in [0.2, 0.25) is 5.91 Å². The molecule has 6 nitrogen and oxygen atoms in total. The fourth-order valence-corrected chi connectivity index (χ4v) is 2.11. The van der Waals surface area contributed by atoms with Gasteiger partial charge in [0.05, 0.1) is 11.2 Å². The smallest absolute Gasteiger partial charge is 0.344 e. The van der Waals surface area contributed by atoms with Crippen LogP contribution in [0.5, 0.6) is 0 Å². The maximum absolute atomic E-state index is 11.3. The molecular weight excluding hydrogens is 294 g/mol. The Morgan fingerprint density at radius 1 is 1.24 bits per heavy atom. The first-order valence-electron chi connectivity index (χ1n) is 6.13. The van der Waals surface area contributed by atoms with Gasteiger partial charge in [0, 0.05) is 5.56 Å². The second-order valence-electron chi connectivity index (χ2n) is 4.34. The number of carbonyl (C=O) groups excluding carboxylic acids is 2. The van der Waals surface area contributed by atoms with Gasteiger partial charge in [-0.3, -0.25) is 10.1 Å². The van der Waals surface area contributed by atoms with Gasteiger partial charge in [0.15, 0.2) is 0 Å². The highest BCUT2D eigenvalue weighted by molar-refractivity contribution is 6.33. The first-order chi connectivity index (χ1) is 10.1. The minimum absolute atomic E-state index is 0.0899. The summed E-state index contributed by atoms with van der Waals surface area (Å²) in [6, 6.07) is 10.2. The summed E-state index contributed by atoms with van der Waals surface area (Å²) in [6.45, 7) is -0.0899. The van der Waals surface area contributed by atoms with E-state index in [1.807, 2.05) is 18.2 Å². The number of urea groups is 1. The van der Waals surface area contributed by atoms with E-state index < -0.39 is 6.03 Å². The van der Waals surface area contributed by atoms with E-state index in [9.17, 15) is 9.59 Å². The summed E-state index contributed by atoms with van der Waals surface area (Å²) >= 11 is 6.09. The van der Waals surface area contributed by atoms with Crippen molar-refractivity contribution in [1.82, 2.24) is 10.3 Å². The fourth-order valence-electron chi connectivity index (χ4n) is 1.88. The van der Waals surface area contributed by atoms with E-state index in [-0.39, 0.29) is 12.5 Å². The van der Waals surface area contributed by atoms with Crippen LogP contribution in [0, 0.1) is 0 Å². The Kier molecular flexibility index (Phi) is 3.45. The number of hydrazone groups is 1. The van der Waals surface area contributed by atoms with E-state index in [1.54, 1.807) is 18.2 Å². The van der Waals surface area contributed by atoms with Crippen LogP contribution in [0.2, 0.25) is 5.02 Å². The van der Waals surface area contributed by atoms with Crippen molar-refractivity contribution in [3.8, 4) is 11.3 Å². The zero-order chi connectivity index (χ0) is 14.8. The van der Waals surface area contributed by atoms with Crippen LogP contribution < -0.4 is 5.32 Å². The minimum Gasteiger partial charge on any atom is -0.455 e. The number of hydrogen-bond acceptors (Lipinski definition) is 4. The predicted molar refractivity (Wildman–Crippen MR) is 77.0 cm³/mol. The summed E-state index contributed by atoms with van der Waals surface area (Å²) in [6.07, 6.45) is 1.37. The van der Waals surface area contributed by atoms with Crippen molar-refractivity contribution in [2.45, 2.75) is 0 Å². The van der Waals surface area contributed by atoms with Crippen LogP contribution in [-0.2, 0) is 4.79 Å². The summed E-state index contributed by atoms with van der Waals surface area (Å²) in [5.41, 5.74) is 0.771. The number of nitrogens with one attached hydrogen (secondary N) is 1. The normalized spacial score (nSPS) is 15.0. The number of imide groups is 1. The molecule has 1 N–H and O–H groups in total. The van der Waals surface area contributed by atoms with Crippen molar-refractivity contribution in [1.29, 1.82) is 0 Å². The van der Waals surface area contributed by atoms with E-state index >= 15 is 0 Å². The van der Waals surface area contributed by atoms with Crippen molar-refractivity contribution in [3.63, 3.8) is 0 Å². The second kappa shape index (κ2) is 5.41. The number of hydrogen-bond donors (Lipinski definition) is 1. The molecule has 106 valence electrons. The molecule has 0 bridgehead atoms. The minimum atomic E-state index is -0.547. The molecule has 3 amide bonds. The van der Waals surface area contributed by atoms with Crippen molar-refractivity contribution in [3.05, 3.63) is 47.2 Å². The molecule has 0 aliphatic carbocycles. The Balaban J connectivity index is 1.78. The van der Waals surface area contributed by atoms with Crippen LogP contribution >= 0.6 is 11.6 Å². The number of benzene rings is 1. The summed E-state index contributed by atoms with van der Waals surface area (Å²) in [7, 11) is 0. The summed E-state index contributed by atoms with van der Waals surface area (Å²) in [5.74, 6) is 0.675. The summed E-state index contributed by atoms with van der Waals surface area (Å²) < 4.78 is 5.60. The third-order valence-corrected chi connectivity index (χ3v) is 3.19. The maximum atomic E-state index is 11.3. The standard InChI is InChI=1S/C14H10ClN3O3/c15-11-4-2-1-3-10(11)12-6-5-9(21-12)7-16-18-8-13(19)17-14(18)20/h1-7H,8H2,(H,17,19,20)/b16-7-. The van der Waals surface area contributed by atoms with Crippen LogP contribution in [0.1, 0.15) is 5.76 Å². The molecule has 0 saturated carbocycles. The number of nitrogens with zero attached hydrogens (tertiary/aromatic N) is 2. The lowest BCUT2D eigenvalue weighted by atomic mass is 10.2. The molecule has 2 aromatic rings. The third-order valence-electron chi connectivity index (χ3n) is 2.86. The first-order valence-corrected chi connectivity index (χ1v) is 6.51. The van der Waals surface area contributed by atoms with Crippen LogP contribution in [0.4, 0.5) is 4.79 Å². The highest BCUT2D eigenvalue weighted by Gasteiger charge is 2.26. The topological polar surface area (TPSA) is 74.9 Å². The molecule has 1 aliphatic heterocycles. The third kappa shape index (κ3) is 2.80. The van der Waals surface area contributed by atoms with Crippen LogP contribution in [0.15, 0.2) is 45.9 Å². The molecule has 0 radical (unpaired) electrons. The van der Waals surface area contributed by atoms with Crippen molar-refractivity contribution in [2.24, 2.45) is 5.10 Å². The van der Waals surface area contributed by atoms with Gasteiger partial charge in [-0.25, -0.2) is 9.80 Å². The lowest BCUT2D eigenvalue weighted by molar-refractivity contribution is -0.118. The molecule has 21 heavy (non-hydrogen) atoms. The monoisotopic (exact) mass is 303 g/mol. The summed E-state index contributed by atoms with van der Waals surface area (Å²) in [5, 5.41) is 7.64. The number of furan rings is 1. The number of carbonyl (C=O) groups is 2. The Morgan fingerprint density at radius 2 is 2.05 bits per heavy atom. The van der Waals surface area contributed by atoms with Gasteiger partial charge in [0.25, 0.3) is 0 Å². The largest absolute Gasteiger partial charge is 0.455 e. The molecular formula is C14H10ClN3O3. The molecule has 1 fully saturated rings. The van der Waals surface area contributed by atoms with Crippen LogP contribution in [0.3, 0.4) is 0 Å². The van der Waals surface area contributed by atoms with Gasteiger partial charge in [0.1, 0.15) is 18.1 Å². The Bertz CT molecular complexity index is 739. The van der Waals surface area contributed by atoms with Crippen LogP contribution in [-0.4, -0.2) is 29.7 Å². The lowest BCUT2D eigenvalue weighted by Crippen LogP contribution is -2.24. The van der Waals surface area contributed by atoms with E-state index in [2.05, 4.69) is 10.4 Å². The highest BCUT2D eigenvalue weighted by Crippen LogP contribution is 2.28. The first kappa shape index (κ1) is 13.4. The Morgan fingerprint density at radius 3 is 2.76 bits per heavy atom. The Hall–Kier alpha value is -2.60. The molecule has 7 heteroatoms. The molecule has 0 spiro atoms. The van der Waals surface area contributed by atoms with Gasteiger partial charge in [-0.1, -0.05) is 23.7 Å². The van der Waals surface area contributed by atoms with Gasteiger partial charge >= 0.3 is 6.03 Å². The average Bonchev–Trinajstić information content (AvgIpc) is 3.04. The molecule has 0 unspecified atom stereocenters. The fraction of sp³-hybridized carbons (Fsp3) is 0.0714. The molecule has 1 saturated heterocycles. The van der Waals surface area contributed by atoms with E-state index in [4.69, 9.17) is 16.0 Å². The molecule has 0 atom stereocenters. The number of amides is 3. The van der Waals surface area contributed by atoms with Gasteiger partial charge in [-0.2, -0.15) is 5.10 Å². The zero-order valence-corrected chi connectivity index (χ0v) is 11.5. The highest BCUT2D eigenvalue weighted by atomic mass is 35.5. The van der Waals surface area contributed by atoms with E-state index in [1.165, 1.54) is 6.21 Å². The quantitative estimate of drug-likeness (QED) is 0.699. The van der Waals surface area contributed by atoms with Gasteiger partial charge < -0.3 is 4.42 Å². The Labute approximate surface area is 125 Å². The van der Waals surface area contributed by atoms with Crippen molar-refractivity contribution < 1.29 is 14.0 Å². The zero-order valence-electron chi connectivity index (χ0n) is 10.7. The predicted octanol–water partition coefficient (Wildman–Crippen LogP) is 2.49. The second-order valence-corrected chi connectivity index (χ2v) is 4.74. The molecule has 1 aromatic carbocycles. The van der Waals surface area contributed by atoms with E-state index in [0.717, 1.165) is 10.6 Å². The van der Waals surface area contributed by atoms with E-state index in [0.29, 0.717) is 16.5 Å². The molecule has 1 aliphatic rings. The van der Waals surface area contributed by atoms with Gasteiger partial charge in [-0.15, -0.1) is 0 Å². The van der Waals surface area contributed by atoms with Crippen LogP contribution in [0.25, 0.3) is 11.3 Å². The van der Waals surface area contributed by atoms with Crippen molar-refractivity contribution in [2.75, 3.05) is 6.54 Å². The van der Waals surface area contributed by atoms with Gasteiger partial charge in [-0.05, 0) is 24.3 Å². The lowest BCUT2D eigenvalue weighted by Gasteiger charge is -2.03. The molecule has 3 rings (SSSR count). The maximum Gasteiger partial charge on any atom is 0.344 e. The molecule has 1 aromatic heterocycles.